The molecule has 0 radical (unpaired) electrons. The number of sulfonamides is 1. The molecule has 2 aromatic carbocycles. The first kappa shape index (κ1) is 29.1. The van der Waals surface area contributed by atoms with Gasteiger partial charge in [-0.2, -0.15) is 18.3 Å². The van der Waals surface area contributed by atoms with Crippen molar-refractivity contribution >= 4 is 21.6 Å². The summed E-state index contributed by atoms with van der Waals surface area (Å²) in [5.74, 6) is -0.0393. The Morgan fingerprint density at radius 3 is 2.22 bits per heavy atom. The van der Waals surface area contributed by atoms with Crippen LogP contribution in [0.4, 0.5) is 18.9 Å². The molecule has 1 aromatic heterocycles. The van der Waals surface area contributed by atoms with Crippen molar-refractivity contribution in [3.8, 4) is 11.4 Å². The molecular weight excluding hydrogens is 557 g/mol. The van der Waals surface area contributed by atoms with Gasteiger partial charge in [0, 0.05) is 29.8 Å². The summed E-state index contributed by atoms with van der Waals surface area (Å²) in [6.45, 7) is 1.98. The van der Waals surface area contributed by atoms with Crippen molar-refractivity contribution < 1.29 is 31.1 Å². The number of hydrogen-bond acceptors (Lipinski definition) is 5. The molecule has 41 heavy (non-hydrogen) atoms. The monoisotopic (exact) mass is 590 g/mol. The van der Waals surface area contributed by atoms with E-state index in [1.54, 1.807) is 43.3 Å². The molecule has 1 aliphatic heterocycles. The minimum atomic E-state index is -4.71. The Morgan fingerprint density at radius 1 is 1.00 bits per heavy atom. The molecule has 0 saturated heterocycles. The predicted molar refractivity (Wildman–Crippen MR) is 149 cm³/mol. The number of aromatic nitrogens is 2. The van der Waals surface area contributed by atoms with Crippen LogP contribution in [-0.4, -0.2) is 50.1 Å². The van der Waals surface area contributed by atoms with Gasteiger partial charge < -0.3 is 9.64 Å². The summed E-state index contributed by atoms with van der Waals surface area (Å²) in [6, 6.07) is 13.7. The Bertz CT molecular complexity index is 1510. The zero-order valence-corrected chi connectivity index (χ0v) is 23.8. The topological polar surface area (TPSA) is 93.5 Å². The number of halogens is 3. The van der Waals surface area contributed by atoms with E-state index in [0.717, 1.165) is 42.3 Å². The molecule has 5 rings (SSSR count). The van der Waals surface area contributed by atoms with E-state index in [9.17, 15) is 26.4 Å². The van der Waals surface area contributed by atoms with Gasteiger partial charge >= 0.3 is 6.18 Å². The van der Waals surface area contributed by atoms with Gasteiger partial charge in [0.1, 0.15) is 11.4 Å². The van der Waals surface area contributed by atoms with Crippen LogP contribution in [0.25, 0.3) is 5.69 Å². The number of carbonyl (C=O) groups excluding carboxylic acids is 1. The SMILES string of the molecule is CCS(=O)(=O)NCC1(c2ccc(N3CCc4c(C(F)(F)F)nn(-c5ccc(OC)cc5)c4C3=O)cc2)CCCCC1. The number of carbonyl (C=O) groups is 1. The number of ether oxygens (including phenoxy) is 1. The number of fused-ring (bicyclic) bond motifs is 1. The number of alkyl halides is 3. The fourth-order valence-corrected chi connectivity index (χ4v) is 6.59. The quantitative estimate of drug-likeness (QED) is 0.387. The zero-order valence-electron chi connectivity index (χ0n) is 23.0. The third-order valence-corrected chi connectivity index (χ3v) is 9.56. The van der Waals surface area contributed by atoms with Crippen LogP contribution in [0.5, 0.6) is 5.75 Å². The summed E-state index contributed by atoms with van der Waals surface area (Å²) in [5.41, 5.74) is 0.212. The van der Waals surface area contributed by atoms with Gasteiger partial charge in [-0.05, 0) is 68.1 Å². The zero-order chi connectivity index (χ0) is 29.4. The summed E-state index contributed by atoms with van der Waals surface area (Å²) >= 11 is 0. The molecule has 2 heterocycles. The first-order valence-electron chi connectivity index (χ1n) is 13.7. The normalized spacial score (nSPS) is 17.4. The Kier molecular flexibility index (Phi) is 7.90. The van der Waals surface area contributed by atoms with Crippen molar-refractivity contribution in [1.29, 1.82) is 0 Å². The minimum Gasteiger partial charge on any atom is -0.497 e. The third kappa shape index (κ3) is 5.72. The molecule has 1 saturated carbocycles. The second kappa shape index (κ2) is 11.1. The van der Waals surface area contributed by atoms with Crippen molar-refractivity contribution in [2.24, 2.45) is 0 Å². The Morgan fingerprint density at radius 2 is 1.63 bits per heavy atom. The first-order valence-corrected chi connectivity index (χ1v) is 15.4. The van der Waals surface area contributed by atoms with E-state index in [1.807, 2.05) is 12.1 Å². The van der Waals surface area contributed by atoms with Crippen molar-refractivity contribution in [3.63, 3.8) is 0 Å². The molecule has 0 spiro atoms. The van der Waals surface area contributed by atoms with E-state index >= 15 is 0 Å². The molecule has 2 aliphatic rings. The maximum Gasteiger partial charge on any atom is 0.435 e. The maximum absolute atomic E-state index is 13.9. The third-order valence-electron chi connectivity index (χ3n) is 8.21. The van der Waals surface area contributed by atoms with E-state index in [0.29, 0.717) is 23.7 Å². The molecule has 1 fully saturated rings. The molecule has 0 bridgehead atoms. The van der Waals surface area contributed by atoms with Crippen LogP contribution in [0, 0.1) is 0 Å². The largest absolute Gasteiger partial charge is 0.497 e. The lowest BCUT2D eigenvalue weighted by Crippen LogP contribution is -2.42. The van der Waals surface area contributed by atoms with Crippen LogP contribution in [-0.2, 0) is 28.0 Å². The highest BCUT2D eigenvalue weighted by molar-refractivity contribution is 7.89. The van der Waals surface area contributed by atoms with Gasteiger partial charge in [-0.1, -0.05) is 31.4 Å². The van der Waals surface area contributed by atoms with Gasteiger partial charge in [-0.15, -0.1) is 0 Å². The number of nitrogens with zero attached hydrogens (tertiary/aromatic N) is 3. The number of methoxy groups -OCH3 is 1. The molecule has 3 aromatic rings. The van der Waals surface area contributed by atoms with Crippen LogP contribution >= 0.6 is 0 Å². The first-order chi connectivity index (χ1) is 19.5. The second-order valence-electron chi connectivity index (χ2n) is 10.6. The summed E-state index contributed by atoms with van der Waals surface area (Å²) in [7, 11) is -1.88. The van der Waals surface area contributed by atoms with E-state index < -0.39 is 27.8 Å². The average Bonchev–Trinajstić information content (AvgIpc) is 3.38. The number of anilines is 1. The van der Waals surface area contributed by atoms with Crippen LogP contribution in [0.2, 0.25) is 0 Å². The molecular formula is C29H33F3N4O4S. The highest BCUT2D eigenvalue weighted by atomic mass is 32.2. The van der Waals surface area contributed by atoms with E-state index in [2.05, 4.69) is 9.82 Å². The minimum absolute atomic E-state index is 0.00342. The van der Waals surface area contributed by atoms with E-state index in [1.165, 1.54) is 12.0 Å². The maximum atomic E-state index is 13.9. The predicted octanol–water partition coefficient (Wildman–Crippen LogP) is 5.24. The van der Waals surface area contributed by atoms with E-state index in [-0.39, 0.29) is 35.4 Å². The fourth-order valence-electron chi connectivity index (χ4n) is 5.89. The van der Waals surface area contributed by atoms with Gasteiger partial charge in [0.25, 0.3) is 5.91 Å². The number of amides is 1. The van der Waals surface area contributed by atoms with Gasteiger partial charge in [0.05, 0.1) is 18.6 Å². The molecule has 220 valence electrons. The van der Waals surface area contributed by atoms with E-state index in [4.69, 9.17) is 4.74 Å². The Balaban J connectivity index is 1.47. The molecule has 12 heteroatoms. The van der Waals surface area contributed by atoms with Gasteiger partial charge in [0.15, 0.2) is 5.69 Å². The van der Waals surface area contributed by atoms with Gasteiger partial charge in [-0.3, -0.25) is 4.79 Å². The number of hydrogen-bond donors (Lipinski definition) is 1. The second-order valence-corrected chi connectivity index (χ2v) is 12.7. The molecule has 1 aliphatic carbocycles. The Hall–Kier alpha value is -3.38. The standard InChI is InChI=1S/C29H33F3N4O4S/c1-3-41(38,39)33-19-28(16-5-4-6-17-28)20-7-9-21(10-8-20)35-18-15-24-25(27(35)37)36(34-26(24)29(30,31)32)22-11-13-23(40-2)14-12-22/h7-14,33H,3-6,15-19H2,1-2H3. The summed E-state index contributed by atoms with van der Waals surface area (Å²) < 4.78 is 75.1. The van der Waals surface area contributed by atoms with Crippen LogP contribution in [0.1, 0.15) is 66.3 Å². The van der Waals surface area contributed by atoms with Crippen LogP contribution in [0.3, 0.4) is 0 Å². The van der Waals surface area contributed by atoms with Crippen LogP contribution < -0.4 is 14.4 Å². The number of rotatable bonds is 8. The Labute approximate surface area is 237 Å². The molecule has 8 nitrogen and oxygen atoms in total. The van der Waals surface area contributed by atoms with Crippen molar-refractivity contribution in [2.45, 2.75) is 57.0 Å². The van der Waals surface area contributed by atoms with Crippen molar-refractivity contribution in [3.05, 3.63) is 71.0 Å². The number of benzene rings is 2. The summed E-state index contributed by atoms with van der Waals surface area (Å²) in [6.07, 6.45) is 0.0281. The van der Waals surface area contributed by atoms with Gasteiger partial charge in [0.2, 0.25) is 10.0 Å². The average molecular weight is 591 g/mol. The summed E-state index contributed by atoms with van der Waals surface area (Å²) in [4.78, 5) is 15.2. The molecule has 1 amide bonds. The molecule has 1 N–H and O–H groups in total. The smallest absolute Gasteiger partial charge is 0.435 e. The lowest BCUT2D eigenvalue weighted by molar-refractivity contribution is -0.141. The highest BCUT2D eigenvalue weighted by Gasteiger charge is 2.43. The van der Waals surface area contributed by atoms with Crippen molar-refractivity contribution in [2.75, 3.05) is 30.9 Å². The lowest BCUT2D eigenvalue weighted by Gasteiger charge is -2.38. The van der Waals surface area contributed by atoms with Gasteiger partial charge in [-0.25, -0.2) is 17.8 Å². The summed E-state index contributed by atoms with van der Waals surface area (Å²) in [5, 5.41) is 3.85. The highest BCUT2D eigenvalue weighted by Crippen LogP contribution is 2.41. The number of nitrogens with one attached hydrogen (secondary N) is 1. The lowest BCUT2D eigenvalue weighted by atomic mass is 9.69. The van der Waals surface area contributed by atoms with Crippen molar-refractivity contribution in [1.82, 2.24) is 14.5 Å². The molecule has 0 atom stereocenters. The fraction of sp³-hybridized carbons (Fsp3) is 0.448. The van der Waals surface area contributed by atoms with Crippen LogP contribution in [0.15, 0.2) is 48.5 Å². The molecule has 0 unspecified atom stereocenters.